The van der Waals surface area contributed by atoms with Crippen molar-refractivity contribution in [3.8, 4) is 0 Å². The number of fused-ring (bicyclic) bond motifs is 1. The quantitative estimate of drug-likeness (QED) is 0.377. The van der Waals surface area contributed by atoms with E-state index < -0.39 is 11.0 Å². The number of rotatable bonds is 6. The second kappa shape index (κ2) is 10.1. The zero-order valence-electron chi connectivity index (χ0n) is 23.3. The van der Waals surface area contributed by atoms with Gasteiger partial charge < -0.3 is 0 Å². The Bertz CT molecular complexity index is 1160. The van der Waals surface area contributed by atoms with Gasteiger partial charge in [0.25, 0.3) is 0 Å². The smallest absolute Gasteiger partial charge is 0.0976 e. The van der Waals surface area contributed by atoms with Crippen LogP contribution in [0.15, 0.2) is 54.6 Å². The number of nitrogens with one attached hydrogen (secondary N) is 1. The topological polar surface area (TPSA) is 42.0 Å². The van der Waals surface area contributed by atoms with Gasteiger partial charge in [-0.25, -0.2) is 8.93 Å². The molecule has 0 saturated heterocycles. The van der Waals surface area contributed by atoms with Crippen LogP contribution in [0, 0.1) is 0 Å². The van der Waals surface area contributed by atoms with E-state index in [2.05, 4.69) is 95.7 Å². The van der Waals surface area contributed by atoms with Crippen molar-refractivity contribution in [1.82, 2.24) is 9.71 Å². The highest BCUT2D eigenvalue weighted by molar-refractivity contribution is 7.84. The lowest BCUT2D eigenvalue weighted by molar-refractivity contribution is 0.484. The highest BCUT2D eigenvalue weighted by Crippen LogP contribution is 2.39. The maximum absolute atomic E-state index is 13.5. The summed E-state index contributed by atoms with van der Waals surface area (Å²) in [6.45, 7) is 21.8. The summed E-state index contributed by atoms with van der Waals surface area (Å²) in [5, 5.41) is 1.14. The van der Waals surface area contributed by atoms with Gasteiger partial charge in [0.15, 0.2) is 0 Å². The summed E-state index contributed by atoms with van der Waals surface area (Å²) in [5.41, 5.74) is 5.83. The van der Waals surface area contributed by atoms with Crippen LogP contribution in [-0.4, -0.2) is 13.9 Å². The highest BCUT2D eigenvalue weighted by Gasteiger charge is 2.32. The summed E-state index contributed by atoms with van der Waals surface area (Å²) in [6.07, 6.45) is 0.884. The molecule has 3 atom stereocenters. The molecule has 0 fully saturated rings. The highest BCUT2D eigenvalue weighted by atomic mass is 32.2. The summed E-state index contributed by atoms with van der Waals surface area (Å²) in [6, 6.07) is 19.4. The zero-order valence-corrected chi connectivity index (χ0v) is 24.1. The van der Waals surface area contributed by atoms with Crippen molar-refractivity contribution >= 4 is 21.9 Å². The van der Waals surface area contributed by atoms with E-state index in [0.29, 0.717) is 0 Å². The molecule has 3 aromatic rings. The van der Waals surface area contributed by atoms with Crippen LogP contribution in [0.4, 0.5) is 0 Å². The lowest BCUT2D eigenvalue weighted by Gasteiger charge is -2.33. The number of hydrogen-bond acceptors (Lipinski definition) is 2. The van der Waals surface area contributed by atoms with Crippen molar-refractivity contribution < 1.29 is 4.21 Å². The molecule has 0 aliphatic carbocycles. The van der Waals surface area contributed by atoms with E-state index in [-0.39, 0.29) is 27.5 Å². The number of benzene rings is 2. The first-order valence-corrected chi connectivity index (χ1v) is 14.0. The van der Waals surface area contributed by atoms with Crippen LogP contribution < -0.4 is 4.72 Å². The fraction of sp³-hybridized carbons (Fsp3) is 0.516. The largest absolute Gasteiger partial charge is 0.252 e. The maximum Gasteiger partial charge on any atom is 0.0976 e. The molecule has 3 rings (SSSR count). The average molecular weight is 493 g/mol. The molecule has 1 N–H and O–H groups in total. The van der Waals surface area contributed by atoms with Crippen molar-refractivity contribution in [2.75, 3.05) is 0 Å². The first-order chi connectivity index (χ1) is 16.1. The molecular weight excluding hydrogens is 448 g/mol. The van der Waals surface area contributed by atoms with Crippen LogP contribution in [0.3, 0.4) is 0 Å². The molecule has 1 unspecified atom stereocenters. The van der Waals surface area contributed by atoms with E-state index in [0.717, 1.165) is 23.0 Å². The summed E-state index contributed by atoms with van der Waals surface area (Å²) in [4.78, 5) is 5.07. The molecule has 2 aromatic carbocycles. The number of aromatic nitrogens is 1. The first-order valence-electron chi connectivity index (χ1n) is 12.8. The molecule has 3 nitrogen and oxygen atoms in total. The standard InChI is InChI=1S/C31H44N2OS/c1-11-25(27-17-16-21-14-12-13-15-26(21)32-27)28(33-35(34)31(8,9)10)22-18-23(29(2,3)4)20-24(19-22)30(5,6)7/h12-20,25,28,33H,11H2,1-10H3/t25-,28-,35?/m1/s1. The van der Waals surface area contributed by atoms with Crippen molar-refractivity contribution in [2.24, 2.45) is 0 Å². The molecule has 0 aliphatic heterocycles. The number of para-hydroxylation sites is 1. The Morgan fingerprint density at radius 3 is 1.91 bits per heavy atom. The van der Waals surface area contributed by atoms with Gasteiger partial charge in [0, 0.05) is 17.0 Å². The van der Waals surface area contributed by atoms with Crippen molar-refractivity contribution in [3.05, 3.63) is 77.0 Å². The van der Waals surface area contributed by atoms with E-state index in [4.69, 9.17) is 4.98 Å². The van der Waals surface area contributed by atoms with Gasteiger partial charge in [0.2, 0.25) is 0 Å². The Morgan fingerprint density at radius 2 is 1.40 bits per heavy atom. The minimum absolute atomic E-state index is 0.00660. The van der Waals surface area contributed by atoms with Crippen molar-refractivity contribution in [1.29, 1.82) is 0 Å². The number of nitrogens with zero attached hydrogens (tertiary/aromatic N) is 1. The normalized spacial score (nSPS) is 15.7. The van der Waals surface area contributed by atoms with E-state index >= 15 is 0 Å². The van der Waals surface area contributed by atoms with Gasteiger partial charge >= 0.3 is 0 Å². The molecule has 1 aromatic heterocycles. The Labute approximate surface area is 215 Å². The van der Waals surface area contributed by atoms with Gasteiger partial charge in [-0.1, -0.05) is 90.9 Å². The molecule has 35 heavy (non-hydrogen) atoms. The molecule has 4 heteroatoms. The Balaban J connectivity index is 2.22. The van der Waals surface area contributed by atoms with Crippen LogP contribution in [0.2, 0.25) is 0 Å². The van der Waals surface area contributed by atoms with E-state index in [1.165, 1.54) is 16.7 Å². The zero-order chi connectivity index (χ0) is 26.2. The Hall–Kier alpha value is -2.04. The fourth-order valence-corrected chi connectivity index (χ4v) is 5.16. The van der Waals surface area contributed by atoms with Gasteiger partial charge in [-0.3, -0.25) is 4.98 Å². The average Bonchev–Trinajstić information content (AvgIpc) is 2.76. The third-order valence-corrected chi connectivity index (χ3v) is 8.26. The third kappa shape index (κ3) is 6.59. The van der Waals surface area contributed by atoms with Gasteiger partial charge in [-0.05, 0) is 66.8 Å². The van der Waals surface area contributed by atoms with Crippen LogP contribution in [-0.2, 0) is 21.8 Å². The van der Waals surface area contributed by atoms with Crippen LogP contribution in [0.25, 0.3) is 10.9 Å². The van der Waals surface area contributed by atoms with Gasteiger partial charge in [0.1, 0.15) is 0 Å². The van der Waals surface area contributed by atoms with Crippen LogP contribution in [0.1, 0.15) is 110 Å². The van der Waals surface area contributed by atoms with Gasteiger partial charge in [-0.2, -0.15) is 0 Å². The number of hydrogen-bond donors (Lipinski definition) is 1. The minimum Gasteiger partial charge on any atom is -0.252 e. The van der Waals surface area contributed by atoms with E-state index in [1.54, 1.807) is 0 Å². The molecule has 0 bridgehead atoms. The molecule has 0 radical (unpaired) electrons. The fourth-order valence-electron chi connectivity index (χ4n) is 4.28. The Morgan fingerprint density at radius 1 is 0.829 bits per heavy atom. The summed E-state index contributed by atoms with van der Waals surface area (Å²) in [5.74, 6) is 0.0777. The molecule has 0 aliphatic rings. The predicted octanol–water partition coefficient (Wildman–Crippen LogP) is 8.12. The van der Waals surface area contributed by atoms with Crippen LogP contribution >= 0.6 is 0 Å². The monoisotopic (exact) mass is 492 g/mol. The predicted molar refractivity (Wildman–Crippen MR) is 152 cm³/mol. The second-order valence-electron chi connectivity index (χ2n) is 12.8. The van der Waals surface area contributed by atoms with Crippen LogP contribution in [0.5, 0.6) is 0 Å². The number of pyridine rings is 1. The lowest BCUT2D eigenvalue weighted by Crippen LogP contribution is -2.38. The SMILES string of the molecule is CC[C@H](c1ccc2ccccc2n1)[C@H](NS(=O)C(C)(C)C)c1cc(C(C)(C)C)cc(C(C)(C)C)c1. The van der Waals surface area contributed by atoms with E-state index in [1.807, 2.05) is 32.9 Å². The maximum atomic E-state index is 13.5. The summed E-state index contributed by atoms with van der Waals surface area (Å²) < 4.78 is 16.6. The van der Waals surface area contributed by atoms with Crippen molar-refractivity contribution in [2.45, 2.75) is 103 Å². The first kappa shape index (κ1) is 27.5. The lowest BCUT2D eigenvalue weighted by atomic mass is 9.77. The second-order valence-corrected chi connectivity index (χ2v) is 14.8. The Kier molecular flexibility index (Phi) is 7.98. The van der Waals surface area contributed by atoms with Gasteiger partial charge in [0.05, 0.1) is 27.3 Å². The molecule has 0 amide bonds. The molecule has 190 valence electrons. The molecule has 0 saturated carbocycles. The molecular formula is C31H44N2OS. The van der Waals surface area contributed by atoms with Crippen molar-refractivity contribution in [3.63, 3.8) is 0 Å². The third-order valence-electron chi connectivity index (χ3n) is 6.68. The molecule has 0 spiro atoms. The molecule has 1 heterocycles. The van der Waals surface area contributed by atoms with Gasteiger partial charge in [-0.15, -0.1) is 0 Å². The summed E-state index contributed by atoms with van der Waals surface area (Å²) >= 11 is 0. The minimum atomic E-state index is -1.22. The van der Waals surface area contributed by atoms with E-state index in [9.17, 15) is 4.21 Å². The summed E-state index contributed by atoms with van der Waals surface area (Å²) in [7, 11) is -1.22.